The van der Waals surface area contributed by atoms with Crippen LogP contribution in [0.1, 0.15) is 52.9 Å². The van der Waals surface area contributed by atoms with Gasteiger partial charge in [0.15, 0.2) is 0 Å². The molecule has 0 aromatic carbocycles. The number of rotatable bonds is 8. The van der Waals surface area contributed by atoms with Gasteiger partial charge in [0.2, 0.25) is 0 Å². The zero-order valence-electron chi connectivity index (χ0n) is 10.0. The number of unbranched alkanes of at least 4 members (excludes halogenated alkanes) is 2. The van der Waals surface area contributed by atoms with E-state index in [1.54, 1.807) is 6.92 Å². The van der Waals surface area contributed by atoms with Crippen molar-refractivity contribution in [1.82, 2.24) is 0 Å². The molecule has 0 amide bonds. The van der Waals surface area contributed by atoms with Gasteiger partial charge in [-0.2, -0.15) is 0 Å². The Bertz CT molecular complexity index is 219. The molecule has 0 aliphatic heterocycles. The lowest BCUT2D eigenvalue weighted by molar-refractivity contribution is -0.132. The molecule has 0 atom stereocenters. The first-order chi connectivity index (χ1) is 7.13. The summed E-state index contributed by atoms with van der Waals surface area (Å²) in [5.74, 6) is -0.241. The summed E-state index contributed by atoms with van der Waals surface area (Å²) in [5.41, 5.74) is 0.341. The lowest BCUT2D eigenvalue weighted by Gasteiger charge is -2.11. The number of carbonyl (C=O) groups is 1. The van der Waals surface area contributed by atoms with Crippen LogP contribution in [0.25, 0.3) is 0 Å². The van der Waals surface area contributed by atoms with Crippen molar-refractivity contribution in [3.8, 4) is 0 Å². The third-order valence-corrected chi connectivity index (χ3v) is 2.24. The number of hydrogen-bond donors (Lipinski definition) is 1. The first kappa shape index (κ1) is 14.0. The Kier molecular flexibility index (Phi) is 7.78. The van der Waals surface area contributed by atoms with E-state index in [1.807, 2.05) is 6.92 Å². The van der Waals surface area contributed by atoms with E-state index in [0.717, 1.165) is 25.7 Å². The van der Waals surface area contributed by atoms with Gasteiger partial charge in [-0.25, -0.2) is 4.79 Å². The maximum absolute atomic E-state index is 10.8. The lowest BCUT2D eigenvalue weighted by atomic mass is 10.2. The summed E-state index contributed by atoms with van der Waals surface area (Å²) >= 11 is 0. The second kappa shape index (κ2) is 8.33. The summed E-state index contributed by atoms with van der Waals surface area (Å²) in [6, 6.07) is 0. The topological polar surface area (TPSA) is 46.5 Å². The number of carboxylic acids is 1. The van der Waals surface area contributed by atoms with Crippen LogP contribution in [0.4, 0.5) is 0 Å². The van der Waals surface area contributed by atoms with Crippen LogP contribution in [0.15, 0.2) is 11.3 Å². The van der Waals surface area contributed by atoms with Crippen molar-refractivity contribution < 1.29 is 14.6 Å². The molecule has 88 valence electrons. The fourth-order valence-corrected chi connectivity index (χ4v) is 1.26. The molecule has 3 heteroatoms. The fourth-order valence-electron chi connectivity index (χ4n) is 1.26. The molecule has 0 fully saturated rings. The van der Waals surface area contributed by atoms with Gasteiger partial charge in [0.05, 0.1) is 12.2 Å². The van der Waals surface area contributed by atoms with Crippen molar-refractivity contribution in [3.05, 3.63) is 11.3 Å². The molecule has 0 aliphatic rings. The van der Waals surface area contributed by atoms with E-state index in [0.29, 0.717) is 24.4 Å². The first-order valence-electron chi connectivity index (χ1n) is 5.69. The smallest absolute Gasteiger partial charge is 0.334 e. The average molecular weight is 214 g/mol. The summed E-state index contributed by atoms with van der Waals surface area (Å²) in [6.07, 6.45) is 4.90. The number of carboxylic acid groups (broad SMARTS) is 1. The summed E-state index contributed by atoms with van der Waals surface area (Å²) in [6.45, 7) is 6.39. The van der Waals surface area contributed by atoms with Gasteiger partial charge in [0.1, 0.15) is 5.76 Å². The van der Waals surface area contributed by atoms with Gasteiger partial charge in [-0.1, -0.05) is 26.7 Å². The SMILES string of the molecule is CCCCCOC(CCC)=C(C)C(=O)O. The van der Waals surface area contributed by atoms with E-state index < -0.39 is 5.97 Å². The molecule has 0 spiro atoms. The zero-order chi connectivity index (χ0) is 11.7. The van der Waals surface area contributed by atoms with Crippen LogP contribution >= 0.6 is 0 Å². The molecule has 1 N–H and O–H groups in total. The van der Waals surface area contributed by atoms with Gasteiger partial charge in [-0.05, 0) is 19.8 Å². The zero-order valence-corrected chi connectivity index (χ0v) is 10.0. The van der Waals surface area contributed by atoms with E-state index in [4.69, 9.17) is 9.84 Å². The van der Waals surface area contributed by atoms with Crippen LogP contribution in [0.2, 0.25) is 0 Å². The molecule has 0 heterocycles. The summed E-state index contributed by atoms with van der Waals surface area (Å²) < 4.78 is 5.51. The Balaban J connectivity index is 4.15. The predicted octanol–water partition coefficient (Wildman–Crippen LogP) is 3.35. The van der Waals surface area contributed by atoms with Crippen molar-refractivity contribution in [3.63, 3.8) is 0 Å². The molecule has 0 rings (SSSR count). The largest absolute Gasteiger partial charge is 0.497 e. The molecule has 0 unspecified atom stereocenters. The molecular formula is C12H22O3. The Morgan fingerprint density at radius 1 is 1.20 bits per heavy atom. The van der Waals surface area contributed by atoms with Crippen molar-refractivity contribution in [1.29, 1.82) is 0 Å². The molecule has 15 heavy (non-hydrogen) atoms. The molecule has 0 aromatic rings. The Morgan fingerprint density at radius 3 is 2.33 bits per heavy atom. The van der Waals surface area contributed by atoms with Crippen molar-refractivity contribution >= 4 is 5.97 Å². The minimum absolute atomic E-state index is 0.341. The quantitative estimate of drug-likeness (QED) is 0.383. The third kappa shape index (κ3) is 6.15. The van der Waals surface area contributed by atoms with Crippen LogP contribution in [-0.2, 0) is 9.53 Å². The highest BCUT2D eigenvalue weighted by Gasteiger charge is 2.09. The van der Waals surface area contributed by atoms with Crippen LogP contribution in [-0.4, -0.2) is 17.7 Å². The molecular weight excluding hydrogens is 192 g/mol. The molecule has 0 aromatic heterocycles. The second-order valence-corrected chi connectivity index (χ2v) is 3.66. The third-order valence-electron chi connectivity index (χ3n) is 2.24. The minimum Gasteiger partial charge on any atom is -0.497 e. The Morgan fingerprint density at radius 2 is 1.87 bits per heavy atom. The Hall–Kier alpha value is -0.990. The maximum Gasteiger partial charge on any atom is 0.334 e. The molecule has 0 aliphatic carbocycles. The highest BCUT2D eigenvalue weighted by Crippen LogP contribution is 2.13. The van der Waals surface area contributed by atoms with Crippen LogP contribution < -0.4 is 0 Å². The van der Waals surface area contributed by atoms with Gasteiger partial charge >= 0.3 is 5.97 Å². The van der Waals surface area contributed by atoms with Gasteiger partial charge in [0, 0.05) is 6.42 Å². The standard InChI is InChI=1S/C12H22O3/c1-4-6-7-9-15-11(8-5-2)10(3)12(13)14/h4-9H2,1-3H3,(H,13,14). The van der Waals surface area contributed by atoms with E-state index in [1.165, 1.54) is 0 Å². The van der Waals surface area contributed by atoms with Gasteiger partial charge in [-0.15, -0.1) is 0 Å². The van der Waals surface area contributed by atoms with E-state index >= 15 is 0 Å². The van der Waals surface area contributed by atoms with Crippen LogP contribution in [0.5, 0.6) is 0 Å². The maximum atomic E-state index is 10.8. The molecule has 0 bridgehead atoms. The highest BCUT2D eigenvalue weighted by molar-refractivity contribution is 5.86. The molecule has 0 radical (unpaired) electrons. The van der Waals surface area contributed by atoms with Gasteiger partial charge in [0.25, 0.3) is 0 Å². The number of hydrogen-bond acceptors (Lipinski definition) is 2. The first-order valence-corrected chi connectivity index (χ1v) is 5.69. The van der Waals surface area contributed by atoms with Crippen molar-refractivity contribution in [2.45, 2.75) is 52.9 Å². The van der Waals surface area contributed by atoms with Crippen molar-refractivity contribution in [2.24, 2.45) is 0 Å². The number of aliphatic carboxylic acids is 1. The molecule has 3 nitrogen and oxygen atoms in total. The van der Waals surface area contributed by atoms with Crippen LogP contribution in [0, 0.1) is 0 Å². The highest BCUT2D eigenvalue weighted by atomic mass is 16.5. The average Bonchev–Trinajstić information content (AvgIpc) is 2.21. The van der Waals surface area contributed by atoms with E-state index in [9.17, 15) is 4.79 Å². The number of allylic oxidation sites excluding steroid dienone is 1. The van der Waals surface area contributed by atoms with E-state index in [-0.39, 0.29) is 0 Å². The predicted molar refractivity (Wildman–Crippen MR) is 60.7 cm³/mol. The molecule has 0 saturated carbocycles. The summed E-state index contributed by atoms with van der Waals surface area (Å²) in [7, 11) is 0. The monoisotopic (exact) mass is 214 g/mol. The van der Waals surface area contributed by atoms with Gasteiger partial charge in [-0.3, -0.25) is 0 Å². The van der Waals surface area contributed by atoms with Crippen LogP contribution in [0.3, 0.4) is 0 Å². The van der Waals surface area contributed by atoms with Gasteiger partial charge < -0.3 is 9.84 Å². The van der Waals surface area contributed by atoms with Crippen molar-refractivity contribution in [2.75, 3.05) is 6.61 Å². The lowest BCUT2D eigenvalue weighted by Crippen LogP contribution is -2.05. The summed E-state index contributed by atoms with van der Waals surface area (Å²) in [5, 5.41) is 8.84. The minimum atomic E-state index is -0.881. The Labute approximate surface area is 92.1 Å². The fraction of sp³-hybridized carbons (Fsp3) is 0.750. The summed E-state index contributed by atoms with van der Waals surface area (Å²) in [4.78, 5) is 10.8. The second-order valence-electron chi connectivity index (χ2n) is 3.66. The number of ether oxygens (including phenoxy) is 1. The van der Waals surface area contributed by atoms with E-state index in [2.05, 4.69) is 6.92 Å². The normalized spacial score (nSPS) is 12.2. The molecule has 0 saturated heterocycles.